The molecule has 1 amide bonds. The highest BCUT2D eigenvalue weighted by atomic mass is 32.1. The minimum absolute atomic E-state index is 0.0838. The average Bonchev–Trinajstić information content (AvgIpc) is 2.98. The third-order valence-corrected chi connectivity index (χ3v) is 4.38. The van der Waals surface area contributed by atoms with Gasteiger partial charge >= 0.3 is 0 Å². The summed E-state index contributed by atoms with van der Waals surface area (Å²) < 4.78 is 0. The molecule has 2 aromatic rings. The average molecular weight is 304 g/mol. The van der Waals surface area contributed by atoms with Crippen molar-refractivity contribution < 1.29 is 4.79 Å². The van der Waals surface area contributed by atoms with Gasteiger partial charge in [-0.3, -0.25) is 15.6 Å². The van der Waals surface area contributed by atoms with Crippen molar-refractivity contribution in [3.05, 3.63) is 45.9 Å². The van der Waals surface area contributed by atoms with Gasteiger partial charge in [0.1, 0.15) is 0 Å². The lowest BCUT2D eigenvalue weighted by Crippen LogP contribution is -2.37. The van der Waals surface area contributed by atoms with Crippen LogP contribution in [0, 0.1) is 6.92 Å². The predicted molar refractivity (Wildman–Crippen MR) is 86.4 cm³/mol. The number of likely N-dealkylation sites (N-methyl/N-ethyl adjacent to an activating group) is 1. The van der Waals surface area contributed by atoms with E-state index in [-0.39, 0.29) is 11.9 Å². The molecule has 21 heavy (non-hydrogen) atoms. The Hall–Kier alpha value is -1.92. The van der Waals surface area contributed by atoms with Crippen LogP contribution in [0.25, 0.3) is 0 Å². The lowest BCUT2D eigenvalue weighted by molar-refractivity contribution is 0.0744. The Balaban J connectivity index is 2.15. The van der Waals surface area contributed by atoms with Crippen molar-refractivity contribution in [3.8, 4) is 0 Å². The lowest BCUT2D eigenvalue weighted by Gasteiger charge is -2.25. The summed E-state index contributed by atoms with van der Waals surface area (Å²) in [5, 5.41) is 2.05. The number of aryl methyl sites for hydroxylation is 1. The standard InChI is InChI=1S/C15H20N4OS/c1-10-7-14(18-16)13(9-17-10)15(20)19(3)11(2)8-12-5-4-6-21-12/h4-7,9,11H,8,16H2,1-3H3,(H,17,18). The van der Waals surface area contributed by atoms with Gasteiger partial charge in [-0.25, -0.2) is 0 Å². The molecular weight excluding hydrogens is 284 g/mol. The van der Waals surface area contributed by atoms with Crippen LogP contribution >= 0.6 is 11.3 Å². The maximum Gasteiger partial charge on any atom is 0.257 e. The number of hydrogen-bond donors (Lipinski definition) is 2. The second-order valence-corrected chi connectivity index (χ2v) is 6.10. The van der Waals surface area contributed by atoms with Gasteiger partial charge in [0.05, 0.1) is 11.3 Å². The summed E-state index contributed by atoms with van der Waals surface area (Å²) in [6.07, 6.45) is 2.41. The number of hydrogen-bond acceptors (Lipinski definition) is 5. The van der Waals surface area contributed by atoms with Gasteiger partial charge in [0.25, 0.3) is 5.91 Å². The molecule has 2 heterocycles. The van der Waals surface area contributed by atoms with E-state index in [4.69, 9.17) is 5.84 Å². The second-order valence-electron chi connectivity index (χ2n) is 5.06. The number of nitrogens with one attached hydrogen (secondary N) is 1. The summed E-state index contributed by atoms with van der Waals surface area (Å²) >= 11 is 1.70. The molecule has 0 aliphatic rings. The van der Waals surface area contributed by atoms with Crippen molar-refractivity contribution in [1.82, 2.24) is 9.88 Å². The lowest BCUT2D eigenvalue weighted by atomic mass is 10.1. The first-order valence-corrected chi connectivity index (χ1v) is 7.63. The first-order valence-electron chi connectivity index (χ1n) is 6.75. The third kappa shape index (κ3) is 3.59. The monoisotopic (exact) mass is 304 g/mol. The maximum absolute atomic E-state index is 12.6. The van der Waals surface area contributed by atoms with E-state index in [1.807, 2.05) is 25.3 Å². The van der Waals surface area contributed by atoms with E-state index >= 15 is 0 Å². The molecule has 0 aliphatic carbocycles. The molecule has 0 saturated heterocycles. The molecule has 2 rings (SSSR count). The van der Waals surface area contributed by atoms with Crippen LogP contribution in [-0.4, -0.2) is 28.9 Å². The van der Waals surface area contributed by atoms with Crippen LogP contribution in [0.1, 0.15) is 27.9 Å². The van der Waals surface area contributed by atoms with Gasteiger partial charge in [-0.15, -0.1) is 11.3 Å². The SMILES string of the molecule is Cc1cc(NN)c(C(=O)N(C)C(C)Cc2cccs2)cn1. The summed E-state index contributed by atoms with van der Waals surface area (Å²) in [4.78, 5) is 19.8. The van der Waals surface area contributed by atoms with Crippen LogP contribution in [0.15, 0.2) is 29.8 Å². The first kappa shape index (κ1) is 15.5. The highest BCUT2D eigenvalue weighted by molar-refractivity contribution is 7.09. The van der Waals surface area contributed by atoms with E-state index in [9.17, 15) is 4.79 Å². The Labute approximate surface area is 128 Å². The van der Waals surface area contributed by atoms with E-state index in [2.05, 4.69) is 16.5 Å². The molecule has 1 atom stereocenters. The number of pyridine rings is 1. The molecule has 5 nitrogen and oxygen atoms in total. The predicted octanol–water partition coefficient (Wildman–Crippen LogP) is 2.44. The molecule has 2 aromatic heterocycles. The van der Waals surface area contributed by atoms with Crippen molar-refractivity contribution in [2.75, 3.05) is 12.5 Å². The Bertz CT molecular complexity index is 612. The Morgan fingerprint density at radius 2 is 2.33 bits per heavy atom. The summed E-state index contributed by atoms with van der Waals surface area (Å²) in [6.45, 7) is 3.90. The number of carbonyl (C=O) groups excluding carboxylic acids is 1. The molecule has 0 bridgehead atoms. The Kier molecular flexibility index (Phi) is 4.93. The number of rotatable bonds is 5. The fourth-order valence-electron chi connectivity index (χ4n) is 2.10. The number of thiophene rings is 1. The summed E-state index contributed by atoms with van der Waals surface area (Å²) in [5.41, 5.74) is 4.47. The van der Waals surface area contributed by atoms with Gasteiger partial charge in [-0.2, -0.15) is 0 Å². The van der Waals surface area contributed by atoms with E-state index in [0.717, 1.165) is 12.1 Å². The van der Waals surface area contributed by atoms with Gasteiger partial charge in [-0.05, 0) is 31.4 Å². The number of aromatic nitrogens is 1. The van der Waals surface area contributed by atoms with Crippen LogP contribution in [0.4, 0.5) is 5.69 Å². The van der Waals surface area contributed by atoms with Gasteiger partial charge in [0, 0.05) is 36.3 Å². The van der Waals surface area contributed by atoms with Crippen molar-refractivity contribution in [2.24, 2.45) is 5.84 Å². The number of nitrogens with two attached hydrogens (primary N) is 1. The van der Waals surface area contributed by atoms with Crippen LogP contribution in [0.3, 0.4) is 0 Å². The van der Waals surface area contributed by atoms with Crippen molar-refractivity contribution in [1.29, 1.82) is 0 Å². The Morgan fingerprint density at radius 1 is 1.57 bits per heavy atom. The van der Waals surface area contributed by atoms with Crippen molar-refractivity contribution in [2.45, 2.75) is 26.3 Å². The molecule has 112 valence electrons. The fourth-order valence-corrected chi connectivity index (χ4v) is 2.92. The highest BCUT2D eigenvalue weighted by Gasteiger charge is 2.21. The Morgan fingerprint density at radius 3 is 2.95 bits per heavy atom. The molecule has 0 aromatic carbocycles. The van der Waals surface area contributed by atoms with E-state index in [0.29, 0.717) is 11.3 Å². The molecule has 6 heteroatoms. The number of carbonyl (C=O) groups is 1. The zero-order chi connectivity index (χ0) is 15.4. The van der Waals surface area contributed by atoms with E-state index < -0.39 is 0 Å². The first-order chi connectivity index (χ1) is 10.0. The molecule has 0 spiro atoms. The summed E-state index contributed by atoms with van der Waals surface area (Å²) in [7, 11) is 1.81. The molecule has 0 fully saturated rings. The van der Waals surface area contributed by atoms with Gasteiger partial charge < -0.3 is 10.3 Å². The largest absolute Gasteiger partial charge is 0.339 e. The molecule has 0 aliphatic heterocycles. The van der Waals surface area contributed by atoms with Gasteiger partial charge in [0.15, 0.2) is 0 Å². The second kappa shape index (κ2) is 6.69. The minimum Gasteiger partial charge on any atom is -0.339 e. The van der Waals surface area contributed by atoms with Crippen LogP contribution < -0.4 is 11.3 Å². The zero-order valence-corrected chi connectivity index (χ0v) is 13.3. The normalized spacial score (nSPS) is 12.0. The zero-order valence-electron chi connectivity index (χ0n) is 12.5. The third-order valence-electron chi connectivity index (χ3n) is 3.48. The minimum atomic E-state index is -0.0838. The maximum atomic E-state index is 12.6. The van der Waals surface area contributed by atoms with Gasteiger partial charge in [-0.1, -0.05) is 6.07 Å². The number of nitrogens with zero attached hydrogens (tertiary/aromatic N) is 2. The van der Waals surface area contributed by atoms with Gasteiger partial charge in [0.2, 0.25) is 0 Å². The number of anilines is 1. The number of amides is 1. The van der Waals surface area contributed by atoms with Crippen LogP contribution in [0.5, 0.6) is 0 Å². The van der Waals surface area contributed by atoms with E-state index in [1.165, 1.54) is 4.88 Å². The molecular formula is C15H20N4OS. The quantitative estimate of drug-likeness (QED) is 0.657. The summed E-state index contributed by atoms with van der Waals surface area (Å²) in [5.74, 6) is 5.41. The van der Waals surface area contributed by atoms with Crippen LogP contribution in [-0.2, 0) is 6.42 Å². The molecule has 0 saturated carbocycles. The number of nitrogen functional groups attached to an aromatic ring is 1. The smallest absolute Gasteiger partial charge is 0.257 e. The highest BCUT2D eigenvalue weighted by Crippen LogP contribution is 2.19. The fraction of sp³-hybridized carbons (Fsp3) is 0.333. The van der Waals surface area contributed by atoms with Crippen molar-refractivity contribution >= 4 is 22.9 Å². The van der Waals surface area contributed by atoms with E-state index in [1.54, 1.807) is 35.5 Å². The molecule has 3 N–H and O–H groups in total. The number of hydrazine groups is 1. The van der Waals surface area contributed by atoms with Crippen molar-refractivity contribution in [3.63, 3.8) is 0 Å². The summed E-state index contributed by atoms with van der Waals surface area (Å²) in [6, 6.07) is 5.97. The topological polar surface area (TPSA) is 71.2 Å². The molecule has 1 unspecified atom stereocenters. The molecule has 0 radical (unpaired) electrons. The van der Waals surface area contributed by atoms with Crippen LogP contribution in [0.2, 0.25) is 0 Å².